The lowest BCUT2D eigenvalue weighted by Crippen LogP contribution is -2.28. The van der Waals surface area contributed by atoms with Crippen LogP contribution in [0.5, 0.6) is 0 Å². The lowest BCUT2D eigenvalue weighted by atomic mass is 9.92. The number of rotatable bonds is 1. The second-order valence-corrected chi connectivity index (χ2v) is 3.49. The zero-order valence-electron chi connectivity index (χ0n) is 6.18. The quantitative estimate of drug-likeness (QED) is 0.590. The number of aliphatic hydroxyl groups is 1. The highest BCUT2D eigenvalue weighted by atomic mass is 16.5. The van der Waals surface area contributed by atoms with Crippen molar-refractivity contribution in [2.45, 2.75) is 31.3 Å². The van der Waals surface area contributed by atoms with Gasteiger partial charge in [-0.15, -0.1) is 0 Å². The van der Waals surface area contributed by atoms with Gasteiger partial charge in [-0.3, -0.25) is 0 Å². The molecule has 0 bridgehead atoms. The van der Waals surface area contributed by atoms with E-state index in [0.29, 0.717) is 5.92 Å². The molecular weight excluding hydrogens is 128 g/mol. The molecule has 2 heteroatoms. The van der Waals surface area contributed by atoms with Crippen molar-refractivity contribution in [3.05, 3.63) is 0 Å². The molecule has 0 atom stereocenters. The molecular formula is C8H14O2. The van der Waals surface area contributed by atoms with E-state index in [2.05, 4.69) is 0 Å². The molecule has 1 aliphatic heterocycles. The van der Waals surface area contributed by atoms with E-state index < -0.39 is 0 Å². The summed E-state index contributed by atoms with van der Waals surface area (Å²) in [6.07, 6.45) is 4.18. The van der Waals surface area contributed by atoms with Gasteiger partial charge in [0.15, 0.2) is 0 Å². The summed E-state index contributed by atoms with van der Waals surface area (Å²) < 4.78 is 5.21. The van der Waals surface area contributed by atoms with Crippen LogP contribution in [0.1, 0.15) is 25.7 Å². The SMILES string of the molecule is OC1(C2CCOCC2)CC1. The first-order valence-electron chi connectivity index (χ1n) is 4.11. The van der Waals surface area contributed by atoms with Crippen molar-refractivity contribution in [2.75, 3.05) is 13.2 Å². The van der Waals surface area contributed by atoms with E-state index in [4.69, 9.17) is 4.74 Å². The minimum Gasteiger partial charge on any atom is -0.390 e. The van der Waals surface area contributed by atoms with Gasteiger partial charge in [-0.1, -0.05) is 0 Å². The van der Waals surface area contributed by atoms with Gasteiger partial charge in [0.25, 0.3) is 0 Å². The van der Waals surface area contributed by atoms with Crippen molar-refractivity contribution in [1.82, 2.24) is 0 Å². The second-order valence-electron chi connectivity index (χ2n) is 3.49. The summed E-state index contributed by atoms with van der Waals surface area (Å²) in [4.78, 5) is 0. The largest absolute Gasteiger partial charge is 0.390 e. The van der Waals surface area contributed by atoms with Crippen molar-refractivity contribution in [3.8, 4) is 0 Å². The van der Waals surface area contributed by atoms with Gasteiger partial charge in [0, 0.05) is 13.2 Å². The van der Waals surface area contributed by atoms with Crippen LogP contribution in [-0.4, -0.2) is 23.9 Å². The van der Waals surface area contributed by atoms with Crippen LogP contribution >= 0.6 is 0 Å². The van der Waals surface area contributed by atoms with Crippen LogP contribution in [0.2, 0.25) is 0 Å². The minimum atomic E-state index is -0.260. The second kappa shape index (κ2) is 2.21. The third-order valence-corrected chi connectivity index (χ3v) is 2.74. The minimum absolute atomic E-state index is 0.260. The van der Waals surface area contributed by atoms with Gasteiger partial charge in [-0.2, -0.15) is 0 Å². The molecule has 0 unspecified atom stereocenters. The van der Waals surface area contributed by atoms with Gasteiger partial charge in [-0.25, -0.2) is 0 Å². The van der Waals surface area contributed by atoms with E-state index in [-0.39, 0.29) is 5.60 Å². The number of hydrogen-bond donors (Lipinski definition) is 1. The van der Waals surface area contributed by atoms with E-state index in [1.165, 1.54) is 0 Å². The predicted octanol–water partition coefficient (Wildman–Crippen LogP) is 0.938. The maximum Gasteiger partial charge on any atom is 0.0679 e. The first-order chi connectivity index (χ1) is 4.81. The fourth-order valence-electron chi connectivity index (χ4n) is 1.77. The van der Waals surface area contributed by atoms with Crippen molar-refractivity contribution < 1.29 is 9.84 Å². The molecule has 0 radical (unpaired) electrons. The Bertz CT molecular complexity index is 123. The first-order valence-corrected chi connectivity index (χ1v) is 4.11. The number of ether oxygens (including phenoxy) is 1. The van der Waals surface area contributed by atoms with Crippen LogP contribution in [0.4, 0.5) is 0 Å². The Morgan fingerprint density at radius 3 is 2.30 bits per heavy atom. The van der Waals surface area contributed by atoms with Gasteiger partial charge >= 0.3 is 0 Å². The summed E-state index contributed by atoms with van der Waals surface area (Å²) >= 11 is 0. The molecule has 1 heterocycles. The summed E-state index contributed by atoms with van der Waals surface area (Å²) in [6.45, 7) is 1.71. The fourth-order valence-corrected chi connectivity index (χ4v) is 1.77. The van der Waals surface area contributed by atoms with Crippen molar-refractivity contribution in [1.29, 1.82) is 0 Å². The van der Waals surface area contributed by atoms with Crippen LogP contribution in [0.15, 0.2) is 0 Å². The molecule has 1 saturated carbocycles. The van der Waals surface area contributed by atoms with Gasteiger partial charge in [0.05, 0.1) is 5.60 Å². The van der Waals surface area contributed by atoms with Crippen LogP contribution in [0.3, 0.4) is 0 Å². The Balaban J connectivity index is 1.91. The summed E-state index contributed by atoms with van der Waals surface area (Å²) in [5.74, 6) is 0.543. The zero-order chi connectivity index (χ0) is 7.03. The molecule has 0 aromatic rings. The highest BCUT2D eigenvalue weighted by Crippen LogP contribution is 2.45. The average molecular weight is 142 g/mol. The molecule has 2 nitrogen and oxygen atoms in total. The van der Waals surface area contributed by atoms with Crippen molar-refractivity contribution in [3.63, 3.8) is 0 Å². The maximum absolute atomic E-state index is 9.70. The highest BCUT2D eigenvalue weighted by molar-refractivity contribution is 4.99. The van der Waals surface area contributed by atoms with Gasteiger partial charge in [0.2, 0.25) is 0 Å². The molecule has 58 valence electrons. The van der Waals surface area contributed by atoms with E-state index in [0.717, 1.165) is 38.9 Å². The summed E-state index contributed by atoms with van der Waals surface area (Å²) in [6, 6.07) is 0. The summed E-state index contributed by atoms with van der Waals surface area (Å²) in [5, 5.41) is 9.70. The molecule has 1 N–H and O–H groups in total. The topological polar surface area (TPSA) is 29.5 Å². The van der Waals surface area contributed by atoms with E-state index in [1.54, 1.807) is 0 Å². The molecule has 0 spiro atoms. The average Bonchev–Trinajstić information content (AvgIpc) is 2.72. The molecule has 2 fully saturated rings. The van der Waals surface area contributed by atoms with Gasteiger partial charge in [-0.05, 0) is 31.6 Å². The molecule has 1 saturated heterocycles. The highest BCUT2D eigenvalue weighted by Gasteiger charge is 2.47. The normalized spacial score (nSPS) is 32.1. The Morgan fingerprint density at radius 2 is 1.80 bits per heavy atom. The van der Waals surface area contributed by atoms with Crippen LogP contribution in [0.25, 0.3) is 0 Å². The standard InChI is InChI=1S/C8H14O2/c9-8(3-4-8)7-1-5-10-6-2-7/h7,9H,1-6H2. The predicted molar refractivity (Wildman–Crippen MR) is 37.7 cm³/mol. The third-order valence-electron chi connectivity index (χ3n) is 2.74. The van der Waals surface area contributed by atoms with Gasteiger partial charge in [0.1, 0.15) is 0 Å². The molecule has 2 aliphatic rings. The smallest absolute Gasteiger partial charge is 0.0679 e. The van der Waals surface area contributed by atoms with Crippen molar-refractivity contribution in [2.24, 2.45) is 5.92 Å². The van der Waals surface area contributed by atoms with Crippen LogP contribution in [0, 0.1) is 5.92 Å². The Morgan fingerprint density at radius 1 is 1.20 bits per heavy atom. The first kappa shape index (κ1) is 6.62. The zero-order valence-corrected chi connectivity index (χ0v) is 6.18. The van der Waals surface area contributed by atoms with E-state index in [9.17, 15) is 5.11 Å². The Kier molecular flexibility index (Phi) is 1.46. The molecule has 1 aliphatic carbocycles. The molecule has 10 heavy (non-hydrogen) atoms. The van der Waals surface area contributed by atoms with E-state index >= 15 is 0 Å². The molecule has 0 aromatic carbocycles. The lowest BCUT2D eigenvalue weighted by Gasteiger charge is -2.26. The molecule has 0 amide bonds. The summed E-state index contributed by atoms with van der Waals surface area (Å²) in [7, 11) is 0. The van der Waals surface area contributed by atoms with Crippen LogP contribution < -0.4 is 0 Å². The maximum atomic E-state index is 9.70. The van der Waals surface area contributed by atoms with E-state index in [1.807, 2.05) is 0 Å². The summed E-state index contributed by atoms with van der Waals surface area (Å²) in [5.41, 5.74) is -0.260. The molecule has 0 aromatic heterocycles. The van der Waals surface area contributed by atoms with Crippen LogP contribution in [-0.2, 0) is 4.74 Å². The fraction of sp³-hybridized carbons (Fsp3) is 1.00. The Labute approximate surface area is 61.2 Å². The monoisotopic (exact) mass is 142 g/mol. The lowest BCUT2D eigenvalue weighted by molar-refractivity contribution is -0.00511. The Hall–Kier alpha value is -0.0800. The molecule has 2 rings (SSSR count). The van der Waals surface area contributed by atoms with Crippen molar-refractivity contribution >= 4 is 0 Å². The van der Waals surface area contributed by atoms with Gasteiger partial charge < -0.3 is 9.84 Å². The third kappa shape index (κ3) is 1.06. The number of hydrogen-bond acceptors (Lipinski definition) is 2.